The lowest BCUT2D eigenvalue weighted by Crippen LogP contribution is -2.39. The first-order valence-electron chi connectivity index (χ1n) is 9.86. The van der Waals surface area contributed by atoms with E-state index in [1.165, 1.54) is 12.1 Å². The van der Waals surface area contributed by atoms with Crippen LogP contribution < -0.4 is 0 Å². The molecule has 0 unspecified atom stereocenters. The highest BCUT2D eigenvalue weighted by Gasteiger charge is 2.26. The molecule has 2 aromatic rings. The zero-order valence-electron chi connectivity index (χ0n) is 16.7. The Morgan fingerprint density at radius 2 is 2.17 bits per heavy atom. The van der Waals surface area contributed by atoms with Crippen molar-refractivity contribution in [3.05, 3.63) is 83.2 Å². The van der Waals surface area contributed by atoms with Crippen LogP contribution in [0, 0.1) is 5.82 Å². The monoisotopic (exact) mass is 432 g/mol. The Morgan fingerprint density at radius 1 is 1.33 bits per heavy atom. The molecule has 30 heavy (non-hydrogen) atoms. The van der Waals surface area contributed by atoms with Gasteiger partial charge < -0.3 is 14.7 Å². The number of rotatable bonds is 11. The average molecular weight is 433 g/mol. The van der Waals surface area contributed by atoms with E-state index in [1.807, 2.05) is 35.2 Å². The Kier molecular flexibility index (Phi) is 8.39. The van der Waals surface area contributed by atoms with Gasteiger partial charge in [-0.3, -0.25) is 4.90 Å². The lowest BCUT2D eigenvalue weighted by molar-refractivity contribution is 0.00334. The van der Waals surface area contributed by atoms with E-state index in [9.17, 15) is 9.50 Å². The van der Waals surface area contributed by atoms with Crippen molar-refractivity contribution in [3.8, 4) is 0 Å². The molecule has 0 radical (unpaired) electrons. The van der Waals surface area contributed by atoms with Gasteiger partial charge in [-0.05, 0) is 23.8 Å². The fourth-order valence-corrected chi connectivity index (χ4v) is 3.65. The topological polar surface area (TPSA) is 54.3 Å². The molecule has 3 rings (SSSR count). The summed E-state index contributed by atoms with van der Waals surface area (Å²) in [5.41, 5.74) is 2.47. The second-order valence-corrected chi connectivity index (χ2v) is 7.66. The zero-order chi connectivity index (χ0) is 21.3. The van der Waals surface area contributed by atoms with E-state index in [0.717, 1.165) is 16.8 Å². The molecule has 0 saturated heterocycles. The molecule has 160 valence electrons. The van der Waals surface area contributed by atoms with E-state index in [4.69, 9.17) is 21.2 Å². The molecular formula is C23H26ClFN2O3. The summed E-state index contributed by atoms with van der Waals surface area (Å²) in [5, 5.41) is 15.2. The van der Waals surface area contributed by atoms with Gasteiger partial charge in [0, 0.05) is 36.6 Å². The summed E-state index contributed by atoms with van der Waals surface area (Å²) in [4.78, 5) is 7.65. The highest BCUT2D eigenvalue weighted by molar-refractivity contribution is 6.34. The summed E-state index contributed by atoms with van der Waals surface area (Å²) in [7, 11) is 0. The van der Waals surface area contributed by atoms with Crippen LogP contribution in [-0.4, -0.2) is 54.2 Å². The number of aliphatic hydroxyl groups is 1. The molecule has 7 heteroatoms. The molecule has 0 amide bonds. The Morgan fingerprint density at radius 3 is 2.93 bits per heavy atom. The number of hydrogen-bond donors (Lipinski definition) is 1. The zero-order valence-corrected chi connectivity index (χ0v) is 17.5. The van der Waals surface area contributed by atoms with Crippen LogP contribution >= 0.6 is 11.6 Å². The minimum atomic E-state index is -0.691. The van der Waals surface area contributed by atoms with E-state index >= 15 is 0 Å². The van der Waals surface area contributed by atoms with E-state index in [2.05, 4.69) is 11.7 Å². The Labute approximate surface area is 181 Å². The van der Waals surface area contributed by atoms with Crippen molar-refractivity contribution in [2.45, 2.75) is 25.2 Å². The molecule has 0 saturated carbocycles. The Balaban J connectivity index is 1.63. The molecule has 2 atom stereocenters. The minimum Gasteiger partial charge on any atom is -0.390 e. The molecule has 5 nitrogen and oxygen atoms in total. The third-order valence-corrected chi connectivity index (χ3v) is 5.02. The second-order valence-electron chi connectivity index (χ2n) is 7.25. The van der Waals surface area contributed by atoms with Gasteiger partial charge in [-0.15, -0.1) is 6.58 Å². The number of halogens is 2. The molecule has 0 fully saturated rings. The van der Waals surface area contributed by atoms with Gasteiger partial charge in [0.1, 0.15) is 11.9 Å². The maximum absolute atomic E-state index is 13.6. The first-order chi connectivity index (χ1) is 14.5. The maximum atomic E-state index is 13.6. The van der Waals surface area contributed by atoms with Crippen LogP contribution in [0.3, 0.4) is 0 Å². The van der Waals surface area contributed by atoms with Crippen molar-refractivity contribution >= 4 is 17.3 Å². The lowest BCUT2D eigenvalue weighted by atomic mass is 10.0. The molecular weight excluding hydrogens is 407 g/mol. The molecule has 2 aromatic carbocycles. The second kappa shape index (κ2) is 11.2. The van der Waals surface area contributed by atoms with E-state index in [-0.39, 0.29) is 18.5 Å². The normalized spacial score (nSPS) is 16.9. The molecule has 0 bridgehead atoms. The summed E-state index contributed by atoms with van der Waals surface area (Å²) < 4.78 is 19.0. The quantitative estimate of drug-likeness (QED) is 0.430. The van der Waals surface area contributed by atoms with Gasteiger partial charge in [-0.2, -0.15) is 0 Å². The highest BCUT2D eigenvalue weighted by Crippen LogP contribution is 2.23. The predicted molar refractivity (Wildman–Crippen MR) is 116 cm³/mol. The molecule has 1 aliphatic rings. The summed E-state index contributed by atoms with van der Waals surface area (Å²) >= 11 is 6.27. The summed E-state index contributed by atoms with van der Waals surface area (Å²) in [5.74, 6) is -0.288. The first kappa shape index (κ1) is 22.4. The molecule has 1 aliphatic heterocycles. The van der Waals surface area contributed by atoms with E-state index in [1.54, 1.807) is 12.1 Å². The average Bonchev–Trinajstić information content (AvgIpc) is 3.16. The van der Waals surface area contributed by atoms with Crippen LogP contribution in [-0.2, 0) is 16.1 Å². The van der Waals surface area contributed by atoms with Crippen molar-refractivity contribution < 1.29 is 19.1 Å². The fraction of sp³-hybridized carbons (Fsp3) is 0.348. The third-order valence-electron chi connectivity index (χ3n) is 4.69. The predicted octanol–water partition coefficient (Wildman–Crippen LogP) is 4.04. The van der Waals surface area contributed by atoms with Crippen molar-refractivity contribution in [2.75, 3.05) is 26.3 Å². The summed E-state index contributed by atoms with van der Waals surface area (Å²) in [6.45, 7) is 5.51. The molecule has 0 aliphatic carbocycles. The van der Waals surface area contributed by atoms with Crippen LogP contribution in [0.15, 0.2) is 66.3 Å². The number of nitrogens with zero attached hydrogens (tertiary/aromatic N) is 2. The first-order valence-corrected chi connectivity index (χ1v) is 10.2. The largest absolute Gasteiger partial charge is 0.390 e. The number of oxime groups is 1. The summed E-state index contributed by atoms with van der Waals surface area (Å²) in [6.07, 6.45) is 1.36. The standard InChI is InChI=1S/C23H26ClFN2O3/c1-2-10-29-16-19(28)14-27(13-17-6-5-7-18(25)11-17)15-20-12-23(26-30-20)21-8-3-4-9-22(21)24/h2-9,11,19-20,28H,1,10,12-16H2/t19-,20+/m0/s1. The SMILES string of the molecule is C=CCOC[C@@H](O)CN(Cc1cccc(F)c1)C[C@H]1CC(c2ccccc2Cl)=NO1. The summed E-state index contributed by atoms with van der Waals surface area (Å²) in [6, 6.07) is 14.0. The number of benzene rings is 2. The Hall–Kier alpha value is -2.25. The highest BCUT2D eigenvalue weighted by atomic mass is 35.5. The number of ether oxygens (including phenoxy) is 1. The third kappa shape index (κ3) is 6.64. The van der Waals surface area contributed by atoms with E-state index < -0.39 is 6.10 Å². The molecule has 0 aromatic heterocycles. The van der Waals surface area contributed by atoms with Gasteiger partial charge in [0.25, 0.3) is 0 Å². The van der Waals surface area contributed by atoms with Crippen molar-refractivity contribution in [1.29, 1.82) is 0 Å². The maximum Gasteiger partial charge on any atom is 0.145 e. The van der Waals surface area contributed by atoms with Crippen molar-refractivity contribution in [1.82, 2.24) is 4.90 Å². The van der Waals surface area contributed by atoms with Gasteiger partial charge in [-0.25, -0.2) is 4.39 Å². The minimum absolute atomic E-state index is 0.189. The van der Waals surface area contributed by atoms with Crippen LogP contribution in [0.25, 0.3) is 0 Å². The molecule has 1 heterocycles. The van der Waals surface area contributed by atoms with Gasteiger partial charge in [-0.1, -0.05) is 53.2 Å². The van der Waals surface area contributed by atoms with Crippen LogP contribution in [0.1, 0.15) is 17.5 Å². The van der Waals surface area contributed by atoms with Gasteiger partial charge >= 0.3 is 0 Å². The van der Waals surface area contributed by atoms with Crippen LogP contribution in [0.2, 0.25) is 5.02 Å². The van der Waals surface area contributed by atoms with Gasteiger partial charge in [0.2, 0.25) is 0 Å². The fourth-order valence-electron chi connectivity index (χ4n) is 3.40. The number of aliphatic hydroxyl groups excluding tert-OH is 1. The Bertz CT molecular complexity index is 877. The smallest absolute Gasteiger partial charge is 0.145 e. The molecule has 0 spiro atoms. The van der Waals surface area contributed by atoms with Crippen LogP contribution in [0.5, 0.6) is 0 Å². The van der Waals surface area contributed by atoms with E-state index in [0.29, 0.717) is 37.7 Å². The molecule has 1 N–H and O–H groups in total. The van der Waals surface area contributed by atoms with Crippen molar-refractivity contribution in [2.24, 2.45) is 5.16 Å². The van der Waals surface area contributed by atoms with Gasteiger partial charge in [0.05, 0.1) is 25.0 Å². The number of hydrogen-bond acceptors (Lipinski definition) is 5. The lowest BCUT2D eigenvalue weighted by Gasteiger charge is -2.27. The van der Waals surface area contributed by atoms with Crippen LogP contribution in [0.4, 0.5) is 4.39 Å². The van der Waals surface area contributed by atoms with Gasteiger partial charge in [0.15, 0.2) is 0 Å². The van der Waals surface area contributed by atoms with Crippen molar-refractivity contribution in [3.63, 3.8) is 0 Å².